The third-order valence-electron chi connectivity index (χ3n) is 4.24. The minimum absolute atomic E-state index is 0.222. The summed E-state index contributed by atoms with van der Waals surface area (Å²) in [5.74, 6) is -0.222. The molecule has 3 aromatic carbocycles. The van der Waals surface area contributed by atoms with Gasteiger partial charge < -0.3 is 5.32 Å². The third-order valence-corrected chi connectivity index (χ3v) is 6.30. The molecule has 0 saturated carbocycles. The van der Waals surface area contributed by atoms with Crippen LogP contribution in [0.4, 0.5) is 5.69 Å². The molecule has 1 N–H and O–H groups in total. The van der Waals surface area contributed by atoms with E-state index >= 15 is 0 Å². The summed E-state index contributed by atoms with van der Waals surface area (Å²) in [5, 5.41) is 7.12. The predicted molar refractivity (Wildman–Crippen MR) is 108 cm³/mol. The summed E-state index contributed by atoms with van der Waals surface area (Å²) in [6.07, 6.45) is 0. The molecule has 4 aromatic rings. The highest BCUT2D eigenvalue weighted by atomic mass is 35.5. The fourth-order valence-corrected chi connectivity index (χ4v) is 4.54. The van der Waals surface area contributed by atoms with E-state index in [0.717, 1.165) is 26.4 Å². The lowest BCUT2D eigenvalue weighted by Gasteiger charge is -2.08. The molecule has 25 heavy (non-hydrogen) atoms. The standard InChI is InChI=1S/C20H13Cl2NOS/c1-11-14(21)7-4-8-15(11)23-20(24)19-18(22)17-13-6-3-2-5-12(13)9-10-16(17)25-19/h2-10H,1H3,(H,23,24). The number of anilines is 1. The van der Waals surface area contributed by atoms with Crippen LogP contribution in [0.3, 0.4) is 0 Å². The van der Waals surface area contributed by atoms with Crippen LogP contribution < -0.4 is 5.32 Å². The van der Waals surface area contributed by atoms with Crippen molar-refractivity contribution in [3.05, 3.63) is 75.1 Å². The van der Waals surface area contributed by atoms with E-state index in [-0.39, 0.29) is 5.91 Å². The van der Waals surface area contributed by atoms with Crippen molar-refractivity contribution in [2.24, 2.45) is 0 Å². The van der Waals surface area contributed by atoms with E-state index in [1.165, 1.54) is 11.3 Å². The summed E-state index contributed by atoms with van der Waals surface area (Å²) < 4.78 is 0.997. The van der Waals surface area contributed by atoms with Crippen molar-refractivity contribution in [3.8, 4) is 0 Å². The number of rotatable bonds is 2. The van der Waals surface area contributed by atoms with Gasteiger partial charge in [0.1, 0.15) is 4.88 Å². The summed E-state index contributed by atoms with van der Waals surface area (Å²) in [4.78, 5) is 13.3. The maximum atomic E-state index is 12.8. The maximum Gasteiger partial charge on any atom is 0.267 e. The Morgan fingerprint density at radius 1 is 1.00 bits per heavy atom. The molecule has 5 heteroatoms. The van der Waals surface area contributed by atoms with Crippen LogP contribution in [-0.4, -0.2) is 5.91 Å². The summed E-state index contributed by atoms with van der Waals surface area (Å²) in [5.41, 5.74) is 1.52. The molecule has 0 aliphatic heterocycles. The van der Waals surface area contributed by atoms with Gasteiger partial charge in [-0.3, -0.25) is 4.79 Å². The van der Waals surface area contributed by atoms with Crippen LogP contribution in [0.1, 0.15) is 15.2 Å². The van der Waals surface area contributed by atoms with Crippen molar-refractivity contribution in [2.75, 3.05) is 5.32 Å². The first-order chi connectivity index (χ1) is 12.1. The second-order valence-corrected chi connectivity index (χ2v) is 7.61. The summed E-state index contributed by atoms with van der Waals surface area (Å²) in [6.45, 7) is 1.87. The smallest absolute Gasteiger partial charge is 0.267 e. The second kappa shape index (κ2) is 6.34. The van der Waals surface area contributed by atoms with Crippen molar-refractivity contribution in [3.63, 3.8) is 0 Å². The van der Waals surface area contributed by atoms with Crippen LogP contribution >= 0.6 is 34.5 Å². The first kappa shape index (κ1) is 16.4. The average Bonchev–Trinajstić information content (AvgIpc) is 2.96. The van der Waals surface area contributed by atoms with Crippen molar-refractivity contribution >= 4 is 67.0 Å². The molecule has 0 saturated heterocycles. The number of nitrogens with one attached hydrogen (secondary N) is 1. The summed E-state index contributed by atoms with van der Waals surface area (Å²) in [6, 6.07) is 17.5. The van der Waals surface area contributed by atoms with Gasteiger partial charge in [-0.15, -0.1) is 11.3 Å². The average molecular weight is 386 g/mol. The summed E-state index contributed by atoms with van der Waals surface area (Å²) >= 11 is 14.1. The van der Waals surface area contributed by atoms with Crippen LogP contribution in [0, 0.1) is 6.92 Å². The molecule has 1 amide bonds. The van der Waals surface area contributed by atoms with Gasteiger partial charge in [0, 0.05) is 20.8 Å². The van der Waals surface area contributed by atoms with E-state index in [1.54, 1.807) is 6.07 Å². The van der Waals surface area contributed by atoms with E-state index < -0.39 is 0 Å². The monoisotopic (exact) mass is 385 g/mol. The van der Waals surface area contributed by atoms with Crippen molar-refractivity contribution in [2.45, 2.75) is 6.92 Å². The Bertz CT molecular complexity index is 1130. The number of halogens is 2. The fraction of sp³-hybridized carbons (Fsp3) is 0.0500. The van der Waals surface area contributed by atoms with Crippen molar-refractivity contribution in [1.82, 2.24) is 0 Å². The lowest BCUT2D eigenvalue weighted by atomic mass is 10.1. The highest BCUT2D eigenvalue weighted by Gasteiger charge is 2.19. The minimum Gasteiger partial charge on any atom is -0.321 e. The van der Waals surface area contributed by atoms with Gasteiger partial charge in [0.05, 0.1) is 5.02 Å². The van der Waals surface area contributed by atoms with E-state index in [9.17, 15) is 4.79 Å². The topological polar surface area (TPSA) is 29.1 Å². The van der Waals surface area contributed by atoms with Crippen molar-refractivity contribution < 1.29 is 4.79 Å². The molecule has 0 aliphatic carbocycles. The van der Waals surface area contributed by atoms with Gasteiger partial charge in [0.2, 0.25) is 0 Å². The predicted octanol–water partition coefficient (Wildman–Crippen LogP) is 6.92. The highest BCUT2D eigenvalue weighted by Crippen LogP contribution is 2.40. The molecule has 1 heterocycles. The zero-order chi connectivity index (χ0) is 17.6. The molecular weight excluding hydrogens is 373 g/mol. The van der Waals surface area contributed by atoms with Gasteiger partial charge in [-0.2, -0.15) is 0 Å². The Morgan fingerprint density at radius 3 is 2.64 bits per heavy atom. The van der Waals surface area contributed by atoms with Crippen LogP contribution in [0.5, 0.6) is 0 Å². The Hall–Kier alpha value is -2.07. The number of hydrogen-bond acceptors (Lipinski definition) is 2. The number of hydrogen-bond donors (Lipinski definition) is 1. The Labute approximate surface area is 159 Å². The second-order valence-electron chi connectivity index (χ2n) is 5.77. The summed E-state index contributed by atoms with van der Waals surface area (Å²) in [7, 11) is 0. The molecule has 4 rings (SSSR count). The van der Waals surface area contributed by atoms with Gasteiger partial charge in [-0.05, 0) is 41.5 Å². The van der Waals surface area contributed by atoms with Gasteiger partial charge >= 0.3 is 0 Å². The Morgan fingerprint density at radius 2 is 1.80 bits per heavy atom. The SMILES string of the molecule is Cc1c(Cl)cccc1NC(=O)c1sc2ccc3ccccc3c2c1Cl. The Kier molecular flexibility index (Phi) is 4.16. The van der Waals surface area contributed by atoms with Gasteiger partial charge in [0.25, 0.3) is 5.91 Å². The van der Waals surface area contributed by atoms with Gasteiger partial charge in [0.15, 0.2) is 0 Å². The first-order valence-electron chi connectivity index (χ1n) is 7.72. The number of carbonyl (C=O) groups is 1. The molecule has 1 aromatic heterocycles. The zero-order valence-corrected chi connectivity index (χ0v) is 15.6. The van der Waals surface area contributed by atoms with Gasteiger partial charge in [-0.25, -0.2) is 0 Å². The van der Waals surface area contributed by atoms with Crippen LogP contribution in [-0.2, 0) is 0 Å². The molecule has 0 aliphatic rings. The van der Waals surface area contributed by atoms with E-state index in [1.807, 2.05) is 55.5 Å². The molecule has 0 unspecified atom stereocenters. The van der Waals surface area contributed by atoms with E-state index in [0.29, 0.717) is 20.6 Å². The maximum absolute atomic E-state index is 12.8. The van der Waals surface area contributed by atoms with Crippen LogP contribution in [0.2, 0.25) is 10.0 Å². The molecule has 0 bridgehead atoms. The largest absolute Gasteiger partial charge is 0.321 e. The van der Waals surface area contributed by atoms with E-state index in [2.05, 4.69) is 5.32 Å². The lowest BCUT2D eigenvalue weighted by Crippen LogP contribution is -2.11. The lowest BCUT2D eigenvalue weighted by molar-refractivity contribution is 0.103. The molecule has 0 spiro atoms. The molecular formula is C20H13Cl2NOS. The molecule has 124 valence electrons. The highest BCUT2D eigenvalue weighted by molar-refractivity contribution is 7.22. The van der Waals surface area contributed by atoms with Crippen LogP contribution in [0.25, 0.3) is 20.9 Å². The van der Waals surface area contributed by atoms with E-state index in [4.69, 9.17) is 23.2 Å². The normalized spacial score (nSPS) is 11.2. The molecule has 0 radical (unpaired) electrons. The number of fused-ring (bicyclic) bond motifs is 3. The number of thiophene rings is 1. The number of benzene rings is 3. The quantitative estimate of drug-likeness (QED) is 0.398. The first-order valence-corrected chi connectivity index (χ1v) is 9.29. The fourth-order valence-electron chi connectivity index (χ4n) is 2.90. The van der Waals surface area contributed by atoms with Crippen LogP contribution in [0.15, 0.2) is 54.6 Å². The minimum atomic E-state index is -0.222. The molecule has 0 fully saturated rings. The number of carbonyl (C=O) groups excluding carboxylic acids is 1. The van der Waals surface area contributed by atoms with Crippen molar-refractivity contribution in [1.29, 1.82) is 0 Å². The van der Waals surface area contributed by atoms with Gasteiger partial charge in [-0.1, -0.05) is 59.6 Å². The third kappa shape index (κ3) is 2.78. The molecule has 0 atom stereocenters. The zero-order valence-electron chi connectivity index (χ0n) is 13.3. The molecule has 2 nitrogen and oxygen atoms in total. The Balaban J connectivity index is 1.81. The number of amides is 1.